The smallest absolute Gasteiger partial charge is 0.127 e. The largest absolute Gasteiger partial charge is 0.493 e. The van der Waals surface area contributed by atoms with Crippen molar-refractivity contribution < 1.29 is 4.74 Å². The number of hydrogen-bond acceptors (Lipinski definition) is 1. The maximum Gasteiger partial charge on any atom is 0.127 e. The molecule has 0 aliphatic rings. The van der Waals surface area contributed by atoms with Gasteiger partial charge in [0.1, 0.15) is 5.75 Å². The molecule has 0 saturated heterocycles. The van der Waals surface area contributed by atoms with Crippen molar-refractivity contribution >= 4 is 10.8 Å². The normalized spacial score (nSPS) is 11.8. The van der Waals surface area contributed by atoms with Crippen molar-refractivity contribution in [2.24, 2.45) is 5.41 Å². The second-order valence-corrected chi connectivity index (χ2v) is 8.46. The summed E-state index contributed by atoms with van der Waals surface area (Å²) < 4.78 is 6.01. The minimum Gasteiger partial charge on any atom is -0.493 e. The Morgan fingerprint density at radius 2 is 1.28 bits per heavy atom. The highest BCUT2D eigenvalue weighted by molar-refractivity contribution is 5.88. The van der Waals surface area contributed by atoms with E-state index >= 15 is 0 Å². The van der Waals surface area contributed by atoms with Crippen molar-refractivity contribution in [3.63, 3.8) is 0 Å². The molecule has 0 saturated carbocycles. The van der Waals surface area contributed by atoms with E-state index in [4.69, 9.17) is 4.74 Å². The molecule has 0 N–H and O–H groups in total. The first-order valence-electron chi connectivity index (χ1n) is 10.2. The van der Waals surface area contributed by atoms with Crippen LogP contribution in [0.3, 0.4) is 0 Å². The van der Waals surface area contributed by atoms with E-state index in [0.29, 0.717) is 5.41 Å². The average Bonchev–Trinajstić information content (AvgIpc) is 2.59. The minimum atomic E-state index is 0.504. The molecule has 0 fully saturated rings. The van der Waals surface area contributed by atoms with Gasteiger partial charge in [0, 0.05) is 5.39 Å². The van der Waals surface area contributed by atoms with E-state index in [2.05, 4.69) is 63.2 Å². The first kappa shape index (κ1) is 19.8. The molecule has 0 radical (unpaired) electrons. The van der Waals surface area contributed by atoms with Crippen LogP contribution < -0.4 is 4.74 Å². The fraction of sp³-hybridized carbons (Fsp3) is 0.583. The predicted octanol–water partition coefficient (Wildman–Crippen LogP) is 7.78. The van der Waals surface area contributed by atoms with Crippen LogP contribution in [0.25, 0.3) is 10.8 Å². The average molecular weight is 341 g/mol. The summed E-state index contributed by atoms with van der Waals surface area (Å²) in [5.74, 6) is 1.02. The lowest BCUT2D eigenvalue weighted by Gasteiger charge is -2.17. The highest BCUT2D eigenvalue weighted by Crippen LogP contribution is 2.25. The van der Waals surface area contributed by atoms with Crippen molar-refractivity contribution in [1.82, 2.24) is 0 Å². The third-order valence-corrected chi connectivity index (χ3v) is 4.83. The Labute approximate surface area is 154 Å². The Kier molecular flexibility index (Phi) is 8.31. The van der Waals surface area contributed by atoms with Crippen LogP contribution >= 0.6 is 0 Å². The summed E-state index contributed by atoms with van der Waals surface area (Å²) in [6, 6.07) is 14.8. The number of unbranched alkanes of at least 4 members (excludes halogenated alkanes) is 7. The first-order valence-corrected chi connectivity index (χ1v) is 10.2. The van der Waals surface area contributed by atoms with E-state index < -0.39 is 0 Å². The van der Waals surface area contributed by atoms with Gasteiger partial charge in [0.05, 0.1) is 6.61 Å². The van der Waals surface area contributed by atoms with E-state index in [1.54, 1.807) is 0 Å². The van der Waals surface area contributed by atoms with Crippen molar-refractivity contribution in [2.45, 2.75) is 78.6 Å². The molecule has 0 heterocycles. The molecule has 1 nitrogen and oxygen atoms in total. The topological polar surface area (TPSA) is 9.23 Å². The highest BCUT2D eigenvalue weighted by atomic mass is 16.5. The standard InChI is InChI=1S/C24H36O/c1-24(2,3)19-12-8-6-4-5-7-9-13-20-25-23-18-14-16-21-15-10-11-17-22(21)23/h10-11,14-18H,4-9,12-13,19-20H2,1-3H3. The molecule has 25 heavy (non-hydrogen) atoms. The number of ether oxygens (including phenoxy) is 1. The van der Waals surface area contributed by atoms with Crippen LogP contribution in [-0.4, -0.2) is 6.61 Å². The second-order valence-electron chi connectivity index (χ2n) is 8.46. The molecular formula is C24H36O. The van der Waals surface area contributed by atoms with Crippen LogP contribution in [0.2, 0.25) is 0 Å². The molecule has 0 unspecified atom stereocenters. The lowest BCUT2D eigenvalue weighted by Crippen LogP contribution is -2.03. The van der Waals surface area contributed by atoms with Gasteiger partial charge in [-0.15, -0.1) is 0 Å². The summed E-state index contributed by atoms with van der Waals surface area (Å²) in [7, 11) is 0. The van der Waals surface area contributed by atoms with Gasteiger partial charge in [0.2, 0.25) is 0 Å². The van der Waals surface area contributed by atoms with Gasteiger partial charge in [-0.2, -0.15) is 0 Å². The zero-order valence-corrected chi connectivity index (χ0v) is 16.5. The Morgan fingerprint density at radius 3 is 2.00 bits per heavy atom. The summed E-state index contributed by atoms with van der Waals surface area (Å²) in [4.78, 5) is 0. The molecule has 2 rings (SSSR count). The summed E-state index contributed by atoms with van der Waals surface area (Å²) in [6.07, 6.45) is 12.1. The van der Waals surface area contributed by atoms with Gasteiger partial charge in [-0.05, 0) is 29.7 Å². The molecular weight excluding hydrogens is 304 g/mol. The summed E-state index contributed by atoms with van der Waals surface area (Å²) in [5.41, 5.74) is 0.504. The van der Waals surface area contributed by atoms with Crippen LogP contribution in [-0.2, 0) is 0 Å². The van der Waals surface area contributed by atoms with E-state index in [1.807, 2.05) is 0 Å². The van der Waals surface area contributed by atoms with Crippen molar-refractivity contribution in [3.8, 4) is 5.75 Å². The summed E-state index contributed by atoms with van der Waals surface area (Å²) >= 11 is 0. The Balaban J connectivity index is 1.50. The predicted molar refractivity (Wildman–Crippen MR) is 110 cm³/mol. The fourth-order valence-corrected chi connectivity index (χ4v) is 3.32. The van der Waals surface area contributed by atoms with Crippen LogP contribution in [0.1, 0.15) is 78.6 Å². The van der Waals surface area contributed by atoms with Crippen LogP contribution in [0.4, 0.5) is 0 Å². The Hall–Kier alpha value is -1.50. The lowest BCUT2D eigenvalue weighted by molar-refractivity contribution is 0.307. The van der Waals surface area contributed by atoms with Gasteiger partial charge in [-0.1, -0.05) is 102 Å². The maximum absolute atomic E-state index is 6.01. The molecule has 0 aliphatic heterocycles. The van der Waals surface area contributed by atoms with E-state index in [1.165, 1.54) is 62.1 Å². The number of fused-ring (bicyclic) bond motifs is 1. The molecule has 2 aromatic carbocycles. The SMILES string of the molecule is CC(C)(C)CCCCCCCCCCOc1cccc2ccccc12. The van der Waals surface area contributed by atoms with Crippen molar-refractivity contribution in [1.29, 1.82) is 0 Å². The second kappa shape index (κ2) is 10.5. The van der Waals surface area contributed by atoms with Gasteiger partial charge in [-0.25, -0.2) is 0 Å². The quantitative estimate of drug-likeness (QED) is 0.379. The zero-order chi connectivity index (χ0) is 18.0. The van der Waals surface area contributed by atoms with Gasteiger partial charge in [0.15, 0.2) is 0 Å². The van der Waals surface area contributed by atoms with Gasteiger partial charge < -0.3 is 4.74 Å². The van der Waals surface area contributed by atoms with E-state index in [-0.39, 0.29) is 0 Å². The van der Waals surface area contributed by atoms with Gasteiger partial charge in [0.25, 0.3) is 0 Å². The summed E-state index contributed by atoms with van der Waals surface area (Å²) in [5, 5.41) is 2.48. The fourth-order valence-electron chi connectivity index (χ4n) is 3.32. The molecule has 0 bridgehead atoms. The highest BCUT2D eigenvalue weighted by Gasteiger charge is 2.08. The van der Waals surface area contributed by atoms with Crippen LogP contribution in [0, 0.1) is 5.41 Å². The molecule has 0 aliphatic carbocycles. The number of rotatable bonds is 11. The lowest BCUT2D eigenvalue weighted by atomic mass is 9.89. The third kappa shape index (κ3) is 7.94. The first-order chi connectivity index (χ1) is 12.1. The van der Waals surface area contributed by atoms with E-state index in [0.717, 1.165) is 18.8 Å². The number of hydrogen-bond donors (Lipinski definition) is 0. The number of benzene rings is 2. The third-order valence-electron chi connectivity index (χ3n) is 4.83. The molecule has 0 spiro atoms. The maximum atomic E-state index is 6.01. The summed E-state index contributed by atoms with van der Waals surface area (Å²) in [6.45, 7) is 7.85. The molecule has 138 valence electrons. The van der Waals surface area contributed by atoms with E-state index in [9.17, 15) is 0 Å². The zero-order valence-electron chi connectivity index (χ0n) is 16.5. The Morgan fingerprint density at radius 1 is 0.680 bits per heavy atom. The molecule has 0 amide bonds. The molecule has 0 aromatic heterocycles. The monoisotopic (exact) mass is 340 g/mol. The van der Waals surface area contributed by atoms with Crippen LogP contribution in [0.15, 0.2) is 42.5 Å². The molecule has 1 heteroatoms. The van der Waals surface area contributed by atoms with Crippen molar-refractivity contribution in [2.75, 3.05) is 6.61 Å². The van der Waals surface area contributed by atoms with Crippen molar-refractivity contribution in [3.05, 3.63) is 42.5 Å². The van der Waals surface area contributed by atoms with Crippen LogP contribution in [0.5, 0.6) is 5.75 Å². The Bertz CT molecular complexity index is 604. The molecule has 0 atom stereocenters. The minimum absolute atomic E-state index is 0.504. The molecule has 2 aromatic rings. The van der Waals surface area contributed by atoms with Gasteiger partial charge >= 0.3 is 0 Å². The van der Waals surface area contributed by atoms with Gasteiger partial charge in [-0.3, -0.25) is 0 Å².